The van der Waals surface area contributed by atoms with Crippen molar-refractivity contribution >= 4 is 5.97 Å². The second kappa shape index (κ2) is 6.50. The average Bonchev–Trinajstić information content (AvgIpc) is 2.38. The Hall–Kier alpha value is -0.650. The minimum Gasteiger partial charge on any atom is -0.480 e. The second-order valence-corrected chi connectivity index (χ2v) is 5.32. The molecule has 5 heteroatoms. The van der Waals surface area contributed by atoms with Crippen molar-refractivity contribution in [3.63, 3.8) is 0 Å². The number of carboxylic acids is 1. The van der Waals surface area contributed by atoms with Crippen LogP contribution < -0.4 is 5.32 Å². The summed E-state index contributed by atoms with van der Waals surface area (Å²) in [5.41, 5.74) is -0.865. The highest BCUT2D eigenvalue weighted by atomic mass is 16.5. The third-order valence-corrected chi connectivity index (χ3v) is 4.04. The van der Waals surface area contributed by atoms with Gasteiger partial charge in [-0.2, -0.15) is 0 Å². The number of hydrogen-bond acceptors (Lipinski definition) is 4. The highest BCUT2D eigenvalue weighted by molar-refractivity contribution is 5.78. The molecule has 1 rings (SSSR count). The van der Waals surface area contributed by atoms with E-state index < -0.39 is 11.5 Å². The molecule has 1 saturated heterocycles. The van der Waals surface area contributed by atoms with E-state index in [0.717, 1.165) is 26.2 Å². The normalized spacial score (nSPS) is 26.6. The van der Waals surface area contributed by atoms with E-state index in [0.29, 0.717) is 12.5 Å². The van der Waals surface area contributed by atoms with Gasteiger partial charge in [0, 0.05) is 18.6 Å². The van der Waals surface area contributed by atoms with Crippen molar-refractivity contribution in [2.24, 2.45) is 0 Å². The molecule has 0 saturated carbocycles. The van der Waals surface area contributed by atoms with E-state index in [1.807, 2.05) is 0 Å². The first-order valence-corrected chi connectivity index (χ1v) is 6.70. The summed E-state index contributed by atoms with van der Waals surface area (Å²) in [7, 11) is 1.71. The van der Waals surface area contributed by atoms with Gasteiger partial charge in [-0.15, -0.1) is 0 Å². The van der Waals surface area contributed by atoms with Crippen LogP contribution in [0.15, 0.2) is 0 Å². The Bertz CT molecular complexity index is 285. The van der Waals surface area contributed by atoms with Gasteiger partial charge in [0.05, 0.1) is 13.2 Å². The molecule has 0 amide bonds. The number of morpholine rings is 1. The molecule has 0 aromatic carbocycles. The van der Waals surface area contributed by atoms with E-state index in [-0.39, 0.29) is 6.04 Å². The summed E-state index contributed by atoms with van der Waals surface area (Å²) in [6.07, 6.45) is 1.63. The Morgan fingerprint density at radius 2 is 2.33 bits per heavy atom. The molecule has 1 fully saturated rings. The largest absolute Gasteiger partial charge is 0.480 e. The van der Waals surface area contributed by atoms with Gasteiger partial charge in [0.2, 0.25) is 0 Å². The molecule has 106 valence electrons. The molecule has 0 aromatic rings. The van der Waals surface area contributed by atoms with Crippen LogP contribution in [-0.2, 0) is 9.53 Å². The van der Waals surface area contributed by atoms with Crippen molar-refractivity contribution < 1.29 is 14.6 Å². The maximum absolute atomic E-state index is 11.3. The molecular weight excluding hydrogens is 232 g/mol. The first kappa shape index (κ1) is 15.4. The minimum absolute atomic E-state index is 0.229. The standard InChI is InChI=1S/C13H26N2O3/c1-5-11-9-18-7-6-15(11)10(2)8-13(3,14-4)12(16)17/h10-11,14H,5-9H2,1-4H3,(H,16,17). The van der Waals surface area contributed by atoms with Crippen molar-refractivity contribution in [2.75, 3.05) is 26.8 Å². The molecule has 0 radical (unpaired) electrons. The molecule has 18 heavy (non-hydrogen) atoms. The predicted molar refractivity (Wildman–Crippen MR) is 70.8 cm³/mol. The lowest BCUT2D eigenvalue weighted by molar-refractivity contribution is -0.145. The zero-order valence-corrected chi connectivity index (χ0v) is 11.9. The third kappa shape index (κ3) is 3.43. The molecule has 0 bridgehead atoms. The van der Waals surface area contributed by atoms with Gasteiger partial charge < -0.3 is 15.2 Å². The molecule has 5 nitrogen and oxygen atoms in total. The molecule has 0 aliphatic carbocycles. The SMILES string of the molecule is CCC1COCCN1C(C)CC(C)(NC)C(=O)O. The van der Waals surface area contributed by atoms with Crippen LogP contribution in [0.4, 0.5) is 0 Å². The first-order valence-electron chi connectivity index (χ1n) is 6.70. The molecule has 0 spiro atoms. The number of carboxylic acid groups (broad SMARTS) is 1. The van der Waals surface area contributed by atoms with Crippen LogP contribution >= 0.6 is 0 Å². The second-order valence-electron chi connectivity index (χ2n) is 5.32. The summed E-state index contributed by atoms with van der Waals surface area (Å²) >= 11 is 0. The number of aliphatic carboxylic acids is 1. The van der Waals surface area contributed by atoms with Crippen LogP contribution in [-0.4, -0.2) is 60.4 Å². The number of rotatable bonds is 6. The van der Waals surface area contributed by atoms with Gasteiger partial charge >= 0.3 is 5.97 Å². The molecule has 2 N–H and O–H groups in total. The summed E-state index contributed by atoms with van der Waals surface area (Å²) in [5, 5.41) is 12.2. The smallest absolute Gasteiger partial charge is 0.323 e. The van der Waals surface area contributed by atoms with Gasteiger partial charge in [0.1, 0.15) is 5.54 Å². The highest BCUT2D eigenvalue weighted by Crippen LogP contribution is 2.21. The van der Waals surface area contributed by atoms with Crippen molar-refractivity contribution in [2.45, 2.75) is 51.2 Å². The third-order valence-electron chi connectivity index (χ3n) is 4.04. The number of hydrogen-bond donors (Lipinski definition) is 2. The lowest BCUT2D eigenvalue weighted by atomic mass is 9.92. The maximum atomic E-state index is 11.3. The zero-order valence-electron chi connectivity index (χ0n) is 11.9. The summed E-state index contributed by atoms with van der Waals surface area (Å²) in [4.78, 5) is 13.7. The number of nitrogens with one attached hydrogen (secondary N) is 1. The molecule has 3 unspecified atom stereocenters. The minimum atomic E-state index is -0.865. The number of carbonyl (C=O) groups is 1. The van der Waals surface area contributed by atoms with Crippen molar-refractivity contribution in [1.82, 2.24) is 10.2 Å². The maximum Gasteiger partial charge on any atom is 0.323 e. The van der Waals surface area contributed by atoms with Gasteiger partial charge in [-0.25, -0.2) is 0 Å². The predicted octanol–water partition coefficient (Wildman–Crippen LogP) is 0.939. The van der Waals surface area contributed by atoms with E-state index in [1.54, 1.807) is 14.0 Å². The van der Waals surface area contributed by atoms with Crippen LogP contribution in [0.5, 0.6) is 0 Å². The van der Waals surface area contributed by atoms with Gasteiger partial charge in [-0.05, 0) is 33.7 Å². The summed E-state index contributed by atoms with van der Waals surface area (Å²) < 4.78 is 5.48. The molecule has 1 aliphatic heterocycles. The van der Waals surface area contributed by atoms with E-state index in [1.165, 1.54) is 0 Å². The number of ether oxygens (including phenoxy) is 1. The van der Waals surface area contributed by atoms with Crippen LogP contribution in [0.1, 0.15) is 33.6 Å². The van der Waals surface area contributed by atoms with Crippen LogP contribution in [0, 0.1) is 0 Å². The number of likely N-dealkylation sites (N-methyl/N-ethyl adjacent to an activating group) is 1. The molecule has 3 atom stereocenters. The lowest BCUT2D eigenvalue weighted by Gasteiger charge is -2.41. The topological polar surface area (TPSA) is 61.8 Å². The average molecular weight is 258 g/mol. The first-order chi connectivity index (χ1) is 8.44. The Morgan fingerprint density at radius 3 is 2.83 bits per heavy atom. The Labute approximate surface area is 109 Å². The number of nitrogens with zero attached hydrogens (tertiary/aromatic N) is 1. The van der Waals surface area contributed by atoms with Crippen molar-refractivity contribution in [3.8, 4) is 0 Å². The Balaban J connectivity index is 2.67. The van der Waals surface area contributed by atoms with E-state index in [9.17, 15) is 9.90 Å². The van der Waals surface area contributed by atoms with Crippen molar-refractivity contribution in [3.05, 3.63) is 0 Å². The van der Waals surface area contributed by atoms with E-state index in [4.69, 9.17) is 4.74 Å². The molecular formula is C13H26N2O3. The fourth-order valence-corrected chi connectivity index (χ4v) is 2.60. The summed E-state index contributed by atoms with van der Waals surface area (Å²) in [6, 6.07) is 0.635. The van der Waals surface area contributed by atoms with Gasteiger partial charge in [0.25, 0.3) is 0 Å². The van der Waals surface area contributed by atoms with Crippen LogP contribution in [0.2, 0.25) is 0 Å². The quantitative estimate of drug-likeness (QED) is 0.742. The zero-order chi connectivity index (χ0) is 13.8. The van der Waals surface area contributed by atoms with Gasteiger partial charge in [-0.3, -0.25) is 9.69 Å². The fourth-order valence-electron chi connectivity index (χ4n) is 2.60. The molecule has 0 aromatic heterocycles. The van der Waals surface area contributed by atoms with Crippen LogP contribution in [0.3, 0.4) is 0 Å². The summed E-state index contributed by atoms with van der Waals surface area (Å²) in [5.74, 6) is -0.793. The lowest BCUT2D eigenvalue weighted by Crippen LogP contribution is -2.56. The van der Waals surface area contributed by atoms with Crippen molar-refractivity contribution in [1.29, 1.82) is 0 Å². The monoisotopic (exact) mass is 258 g/mol. The Kier molecular flexibility index (Phi) is 5.56. The van der Waals surface area contributed by atoms with E-state index in [2.05, 4.69) is 24.1 Å². The van der Waals surface area contributed by atoms with Gasteiger partial charge in [-0.1, -0.05) is 6.92 Å². The van der Waals surface area contributed by atoms with Crippen LogP contribution in [0.25, 0.3) is 0 Å². The van der Waals surface area contributed by atoms with Gasteiger partial charge in [0.15, 0.2) is 0 Å². The van der Waals surface area contributed by atoms with E-state index >= 15 is 0 Å². The highest BCUT2D eigenvalue weighted by Gasteiger charge is 2.36. The molecule has 1 heterocycles. The fraction of sp³-hybridized carbons (Fsp3) is 0.923. The summed E-state index contributed by atoms with van der Waals surface area (Å²) in [6.45, 7) is 8.38. The Morgan fingerprint density at radius 1 is 1.67 bits per heavy atom. The molecule has 1 aliphatic rings.